The lowest BCUT2D eigenvalue weighted by molar-refractivity contribution is -0.138. The molecule has 0 aromatic heterocycles. The lowest BCUT2D eigenvalue weighted by atomic mass is 10.00. The molecule has 0 aromatic carbocycles. The van der Waals surface area contributed by atoms with Crippen molar-refractivity contribution in [2.75, 3.05) is 6.54 Å². The van der Waals surface area contributed by atoms with Crippen LogP contribution in [-0.4, -0.2) is 34.5 Å². The Bertz CT molecular complexity index is 217. The predicted molar refractivity (Wildman–Crippen MR) is 48.5 cm³/mol. The van der Waals surface area contributed by atoms with Crippen LogP contribution >= 0.6 is 0 Å². The van der Waals surface area contributed by atoms with Gasteiger partial charge in [0.15, 0.2) is 5.96 Å². The average Bonchev–Trinajstić information content (AvgIpc) is 2.03. The quantitative estimate of drug-likeness (QED) is 0.423. The molecule has 0 bridgehead atoms. The van der Waals surface area contributed by atoms with E-state index in [0.29, 0.717) is 6.54 Å². The van der Waals surface area contributed by atoms with Gasteiger partial charge in [0.05, 0.1) is 6.42 Å². The van der Waals surface area contributed by atoms with E-state index in [-0.39, 0.29) is 18.4 Å². The van der Waals surface area contributed by atoms with Gasteiger partial charge in [0.25, 0.3) is 0 Å². The normalized spacial score (nSPS) is 22.8. The Balaban J connectivity index is 2.56. The number of aliphatic carboxylic acids is 1. The Labute approximate surface area is 77.0 Å². The van der Waals surface area contributed by atoms with E-state index >= 15 is 0 Å². The number of nitrogens with zero attached hydrogens (tertiary/aromatic N) is 1. The maximum atomic E-state index is 10.5. The van der Waals surface area contributed by atoms with E-state index in [1.807, 2.05) is 0 Å². The molecule has 74 valence electrons. The number of carboxylic acid groups (broad SMARTS) is 1. The maximum Gasteiger partial charge on any atom is 0.305 e. The Morgan fingerprint density at radius 1 is 1.62 bits per heavy atom. The predicted octanol–water partition coefficient (Wildman–Crippen LogP) is 0.209. The van der Waals surface area contributed by atoms with Crippen molar-refractivity contribution in [1.29, 1.82) is 5.41 Å². The summed E-state index contributed by atoms with van der Waals surface area (Å²) < 4.78 is 0. The van der Waals surface area contributed by atoms with Gasteiger partial charge in [-0.25, -0.2) is 0 Å². The van der Waals surface area contributed by atoms with Crippen LogP contribution in [0.25, 0.3) is 0 Å². The number of carboxylic acids is 1. The molecule has 0 amide bonds. The van der Waals surface area contributed by atoms with Crippen LogP contribution in [0.1, 0.15) is 25.7 Å². The Hall–Kier alpha value is -1.26. The van der Waals surface area contributed by atoms with Crippen LogP contribution in [0, 0.1) is 5.41 Å². The molecular weight excluding hydrogens is 170 g/mol. The van der Waals surface area contributed by atoms with Gasteiger partial charge in [0, 0.05) is 12.6 Å². The molecule has 5 heteroatoms. The summed E-state index contributed by atoms with van der Waals surface area (Å²) in [6.45, 7) is 0.716. The third-order valence-electron chi connectivity index (χ3n) is 2.35. The molecule has 0 saturated carbocycles. The van der Waals surface area contributed by atoms with Crippen molar-refractivity contribution < 1.29 is 9.90 Å². The number of nitrogens with two attached hydrogens (primary N) is 1. The van der Waals surface area contributed by atoms with Gasteiger partial charge in [-0.2, -0.15) is 0 Å². The molecule has 0 radical (unpaired) electrons. The second-order valence-electron chi connectivity index (χ2n) is 3.33. The summed E-state index contributed by atoms with van der Waals surface area (Å²) in [7, 11) is 0. The van der Waals surface area contributed by atoms with Crippen molar-refractivity contribution in [3.63, 3.8) is 0 Å². The molecule has 1 fully saturated rings. The summed E-state index contributed by atoms with van der Waals surface area (Å²) in [6, 6.07) is -0.0799. The number of carbonyl (C=O) groups is 1. The molecule has 1 rings (SSSR count). The summed E-state index contributed by atoms with van der Waals surface area (Å²) >= 11 is 0. The second-order valence-corrected chi connectivity index (χ2v) is 3.33. The fraction of sp³-hybridized carbons (Fsp3) is 0.750. The van der Waals surface area contributed by atoms with Crippen molar-refractivity contribution >= 4 is 11.9 Å². The first-order valence-electron chi connectivity index (χ1n) is 4.43. The van der Waals surface area contributed by atoms with E-state index in [0.717, 1.165) is 19.3 Å². The van der Waals surface area contributed by atoms with Crippen LogP contribution in [0.2, 0.25) is 0 Å². The largest absolute Gasteiger partial charge is 0.481 e. The highest BCUT2D eigenvalue weighted by molar-refractivity contribution is 5.76. The minimum Gasteiger partial charge on any atom is -0.481 e. The van der Waals surface area contributed by atoms with Gasteiger partial charge in [-0.3, -0.25) is 10.2 Å². The lowest BCUT2D eigenvalue weighted by Crippen LogP contribution is -2.47. The van der Waals surface area contributed by atoms with Crippen molar-refractivity contribution in [2.45, 2.75) is 31.7 Å². The van der Waals surface area contributed by atoms with Crippen LogP contribution in [0.5, 0.6) is 0 Å². The van der Waals surface area contributed by atoms with Crippen molar-refractivity contribution in [3.8, 4) is 0 Å². The summed E-state index contributed by atoms with van der Waals surface area (Å²) in [5, 5.41) is 15.9. The van der Waals surface area contributed by atoms with Gasteiger partial charge in [0.1, 0.15) is 0 Å². The van der Waals surface area contributed by atoms with Crippen LogP contribution in [0.3, 0.4) is 0 Å². The van der Waals surface area contributed by atoms with Crippen molar-refractivity contribution in [2.24, 2.45) is 5.73 Å². The molecule has 0 spiro atoms. The Morgan fingerprint density at radius 2 is 2.31 bits per heavy atom. The molecule has 1 aliphatic rings. The zero-order valence-electron chi connectivity index (χ0n) is 7.49. The molecule has 4 N–H and O–H groups in total. The smallest absolute Gasteiger partial charge is 0.305 e. The minimum absolute atomic E-state index is 0.00838. The minimum atomic E-state index is -0.821. The van der Waals surface area contributed by atoms with E-state index in [2.05, 4.69) is 0 Å². The number of rotatable bonds is 2. The van der Waals surface area contributed by atoms with Gasteiger partial charge in [-0.15, -0.1) is 0 Å². The highest BCUT2D eigenvalue weighted by Gasteiger charge is 2.25. The molecule has 1 atom stereocenters. The number of piperidine rings is 1. The molecule has 0 aliphatic carbocycles. The summed E-state index contributed by atoms with van der Waals surface area (Å²) in [6.07, 6.45) is 2.93. The number of guanidine groups is 1. The monoisotopic (exact) mass is 185 g/mol. The SMILES string of the molecule is N=C(N)N1CCCC[C@@H]1CC(=O)O. The van der Waals surface area contributed by atoms with Crippen molar-refractivity contribution in [3.05, 3.63) is 0 Å². The fourth-order valence-electron chi connectivity index (χ4n) is 1.73. The molecule has 1 heterocycles. The Kier molecular flexibility index (Phi) is 3.11. The molecule has 13 heavy (non-hydrogen) atoms. The van der Waals surface area contributed by atoms with Gasteiger partial charge in [0.2, 0.25) is 0 Å². The number of hydrogen-bond acceptors (Lipinski definition) is 2. The van der Waals surface area contributed by atoms with Gasteiger partial charge >= 0.3 is 5.97 Å². The molecule has 1 saturated heterocycles. The Morgan fingerprint density at radius 3 is 2.85 bits per heavy atom. The first kappa shape index (κ1) is 9.83. The molecule has 0 unspecified atom stereocenters. The standard InChI is InChI=1S/C8H15N3O2/c9-8(10)11-4-2-1-3-6(11)5-7(12)13/h6H,1-5H2,(H3,9,10)(H,12,13)/t6-/m1/s1. The molecule has 5 nitrogen and oxygen atoms in total. The van der Waals surface area contributed by atoms with E-state index in [4.69, 9.17) is 16.2 Å². The van der Waals surface area contributed by atoms with E-state index in [1.54, 1.807) is 4.90 Å². The van der Waals surface area contributed by atoms with Crippen LogP contribution < -0.4 is 5.73 Å². The third-order valence-corrected chi connectivity index (χ3v) is 2.35. The van der Waals surface area contributed by atoms with Crippen molar-refractivity contribution in [1.82, 2.24) is 4.90 Å². The number of likely N-dealkylation sites (tertiary alicyclic amines) is 1. The van der Waals surface area contributed by atoms with E-state index in [1.165, 1.54) is 0 Å². The third kappa shape index (κ3) is 2.61. The average molecular weight is 185 g/mol. The number of hydrogen-bond donors (Lipinski definition) is 3. The lowest BCUT2D eigenvalue weighted by Gasteiger charge is -2.35. The topological polar surface area (TPSA) is 90.4 Å². The highest BCUT2D eigenvalue weighted by Crippen LogP contribution is 2.18. The van der Waals surface area contributed by atoms with Crippen LogP contribution in [0.4, 0.5) is 0 Å². The molecule has 1 aliphatic heterocycles. The second kappa shape index (κ2) is 4.11. The number of nitrogens with one attached hydrogen (secondary N) is 1. The van der Waals surface area contributed by atoms with Gasteiger partial charge in [-0.1, -0.05) is 0 Å². The van der Waals surface area contributed by atoms with Gasteiger partial charge < -0.3 is 15.7 Å². The maximum absolute atomic E-state index is 10.5. The zero-order chi connectivity index (χ0) is 9.84. The first-order valence-corrected chi connectivity index (χ1v) is 4.43. The van der Waals surface area contributed by atoms with E-state index < -0.39 is 5.97 Å². The van der Waals surface area contributed by atoms with Crippen LogP contribution in [0.15, 0.2) is 0 Å². The van der Waals surface area contributed by atoms with E-state index in [9.17, 15) is 4.79 Å². The summed E-state index contributed by atoms with van der Waals surface area (Å²) in [4.78, 5) is 12.2. The first-order chi connectivity index (χ1) is 6.11. The molecule has 0 aromatic rings. The fourth-order valence-corrected chi connectivity index (χ4v) is 1.73. The zero-order valence-corrected chi connectivity index (χ0v) is 7.49. The summed E-state index contributed by atoms with van der Waals surface area (Å²) in [5.74, 6) is -0.830. The van der Waals surface area contributed by atoms with Gasteiger partial charge in [-0.05, 0) is 19.3 Å². The molecular formula is C8H15N3O2. The summed E-state index contributed by atoms with van der Waals surface area (Å²) in [5.41, 5.74) is 5.35. The van der Waals surface area contributed by atoms with Crippen LogP contribution in [-0.2, 0) is 4.79 Å². The highest BCUT2D eigenvalue weighted by atomic mass is 16.4.